The van der Waals surface area contributed by atoms with E-state index in [1.54, 1.807) is 0 Å². The van der Waals surface area contributed by atoms with Gasteiger partial charge >= 0.3 is 6.36 Å². The average Bonchev–Trinajstić information content (AvgIpc) is 2.77. The molecule has 0 unspecified atom stereocenters. The molecular weight excluding hydrogens is 541 g/mol. The Balaban J connectivity index is 1.81. The van der Waals surface area contributed by atoms with Crippen LogP contribution in [0.4, 0.5) is 18.9 Å². The molecule has 0 atom stereocenters. The number of hydrogen-bond donors (Lipinski definition) is 2. The number of ether oxygens (including phenoxy) is 3. The molecule has 0 aliphatic rings. The first-order valence-electron chi connectivity index (χ1n) is 9.95. The van der Waals surface area contributed by atoms with Gasteiger partial charge in [-0.3, -0.25) is 4.79 Å². The van der Waals surface area contributed by atoms with Crippen molar-refractivity contribution in [3.63, 3.8) is 0 Å². The minimum atomic E-state index is -4.98. The van der Waals surface area contributed by atoms with Crippen LogP contribution in [0.1, 0.15) is 11.3 Å². The minimum Gasteiger partial charge on any atom is -0.480 e. The molecule has 1 amide bonds. The summed E-state index contributed by atoms with van der Waals surface area (Å²) in [7, 11) is -4.04. The summed E-state index contributed by atoms with van der Waals surface area (Å²) in [5.41, 5.74) is 0.464. The van der Waals surface area contributed by atoms with E-state index in [0.29, 0.717) is 0 Å². The highest BCUT2D eigenvalue weighted by Gasteiger charge is 2.31. The van der Waals surface area contributed by atoms with Crippen LogP contribution in [0, 0.1) is 18.3 Å². The van der Waals surface area contributed by atoms with Gasteiger partial charge in [0.1, 0.15) is 11.5 Å². The summed E-state index contributed by atoms with van der Waals surface area (Å²) < 4.78 is 75.8. The molecule has 1 heterocycles. The van der Waals surface area contributed by atoms with Crippen molar-refractivity contribution in [1.29, 1.82) is 5.26 Å². The number of aromatic nitrogens is 1. The molecule has 0 aliphatic heterocycles. The number of nitrogens with zero attached hydrogens (tertiary/aromatic N) is 2. The van der Waals surface area contributed by atoms with Gasteiger partial charge in [-0.2, -0.15) is 5.26 Å². The number of halogens is 4. The summed E-state index contributed by atoms with van der Waals surface area (Å²) >= 11 is 5.95. The van der Waals surface area contributed by atoms with E-state index in [2.05, 4.69) is 15.0 Å². The molecule has 15 heteroatoms. The Labute approximate surface area is 213 Å². The van der Waals surface area contributed by atoms with E-state index < -0.39 is 34.6 Å². The number of amides is 1. The van der Waals surface area contributed by atoms with E-state index in [1.807, 2.05) is 6.07 Å². The first kappa shape index (κ1) is 27.5. The Hall–Kier alpha value is -4.06. The highest BCUT2D eigenvalue weighted by molar-refractivity contribution is 7.89. The van der Waals surface area contributed by atoms with Gasteiger partial charge in [0, 0.05) is 11.1 Å². The lowest BCUT2D eigenvalue weighted by Gasteiger charge is -2.16. The van der Waals surface area contributed by atoms with Crippen molar-refractivity contribution in [2.24, 2.45) is 5.14 Å². The highest BCUT2D eigenvalue weighted by atomic mass is 35.5. The molecular formula is C22H16ClF3N4O6S. The molecule has 0 bridgehead atoms. The molecule has 0 radical (unpaired) electrons. The second kappa shape index (κ2) is 10.9. The SMILES string of the molecule is Cc1nc(S(N)(=O)=O)ccc1NC(=O)COc1ccc(OC(F)(F)F)cc1Oc1cc(Cl)cc(C#N)c1. The van der Waals surface area contributed by atoms with E-state index in [4.69, 9.17) is 31.5 Å². The van der Waals surface area contributed by atoms with Gasteiger partial charge < -0.3 is 19.5 Å². The Morgan fingerprint density at radius 1 is 1.14 bits per heavy atom. The number of primary sulfonamides is 1. The number of pyridine rings is 1. The molecule has 0 aliphatic carbocycles. The topological polar surface area (TPSA) is 154 Å². The number of carbonyl (C=O) groups is 1. The van der Waals surface area contributed by atoms with Crippen LogP contribution in [0.15, 0.2) is 53.6 Å². The van der Waals surface area contributed by atoms with Crippen molar-refractivity contribution < 1.29 is 40.6 Å². The molecule has 194 valence electrons. The number of aryl methyl sites for hydroxylation is 1. The number of rotatable bonds is 8. The molecule has 10 nitrogen and oxygen atoms in total. The maximum Gasteiger partial charge on any atom is 0.573 e. The van der Waals surface area contributed by atoms with Crippen molar-refractivity contribution in [1.82, 2.24) is 4.98 Å². The van der Waals surface area contributed by atoms with Crippen molar-refractivity contribution in [2.75, 3.05) is 11.9 Å². The second-order valence-electron chi connectivity index (χ2n) is 7.21. The van der Waals surface area contributed by atoms with E-state index in [0.717, 1.165) is 24.3 Å². The number of hydrogen-bond acceptors (Lipinski definition) is 8. The first-order valence-corrected chi connectivity index (χ1v) is 11.9. The predicted molar refractivity (Wildman–Crippen MR) is 124 cm³/mol. The molecule has 1 aromatic heterocycles. The van der Waals surface area contributed by atoms with E-state index >= 15 is 0 Å². The van der Waals surface area contributed by atoms with Crippen molar-refractivity contribution in [3.8, 4) is 29.1 Å². The maximum atomic E-state index is 12.7. The molecule has 0 fully saturated rings. The van der Waals surface area contributed by atoms with E-state index in [9.17, 15) is 26.4 Å². The average molecular weight is 557 g/mol. The summed E-state index contributed by atoms with van der Waals surface area (Å²) in [4.78, 5) is 16.2. The van der Waals surface area contributed by atoms with Gasteiger partial charge in [-0.1, -0.05) is 11.6 Å². The molecule has 3 rings (SSSR count). The van der Waals surface area contributed by atoms with Gasteiger partial charge in [-0.25, -0.2) is 18.5 Å². The van der Waals surface area contributed by atoms with Crippen LogP contribution in [0.25, 0.3) is 0 Å². The van der Waals surface area contributed by atoms with E-state index in [1.165, 1.54) is 31.2 Å². The molecule has 3 aromatic rings. The fourth-order valence-corrected chi connectivity index (χ4v) is 3.60. The van der Waals surface area contributed by atoms with Gasteiger partial charge in [0.15, 0.2) is 23.1 Å². The number of nitriles is 1. The normalized spacial score (nSPS) is 11.4. The van der Waals surface area contributed by atoms with Gasteiger partial charge in [0.05, 0.1) is 23.0 Å². The van der Waals surface area contributed by atoms with Crippen molar-refractivity contribution in [3.05, 3.63) is 64.8 Å². The zero-order chi connectivity index (χ0) is 27.4. The Bertz CT molecular complexity index is 1490. The Morgan fingerprint density at radius 2 is 1.86 bits per heavy atom. The molecule has 0 spiro atoms. The first-order chi connectivity index (χ1) is 17.2. The molecule has 0 saturated heterocycles. The largest absolute Gasteiger partial charge is 0.573 e. The zero-order valence-corrected chi connectivity index (χ0v) is 20.2. The van der Waals surface area contributed by atoms with Gasteiger partial charge in [-0.05, 0) is 49.4 Å². The Kier molecular flexibility index (Phi) is 8.12. The fraction of sp³-hybridized carbons (Fsp3) is 0.136. The number of nitrogens with two attached hydrogens (primary N) is 1. The summed E-state index contributed by atoms with van der Waals surface area (Å²) in [6.45, 7) is 0.822. The third kappa shape index (κ3) is 7.97. The minimum absolute atomic E-state index is 0.0131. The summed E-state index contributed by atoms with van der Waals surface area (Å²) in [6, 6.07) is 11.1. The number of alkyl halides is 3. The maximum absolute atomic E-state index is 12.7. The smallest absolute Gasteiger partial charge is 0.480 e. The predicted octanol–water partition coefficient (Wildman–Crippen LogP) is 4.27. The summed E-state index contributed by atoms with van der Waals surface area (Å²) in [5.74, 6) is -1.72. The highest BCUT2D eigenvalue weighted by Crippen LogP contribution is 2.37. The zero-order valence-electron chi connectivity index (χ0n) is 18.7. The lowest BCUT2D eigenvalue weighted by Crippen LogP contribution is -2.22. The number of nitrogens with one attached hydrogen (secondary N) is 1. The van der Waals surface area contributed by atoms with Gasteiger partial charge in [0.2, 0.25) is 0 Å². The number of carbonyl (C=O) groups excluding carboxylic acids is 1. The van der Waals surface area contributed by atoms with Crippen LogP contribution in [0.3, 0.4) is 0 Å². The standard InChI is InChI=1S/C22H16ClF3N4O6S/c1-12-17(3-5-21(29-12)37(28,32)33)30-20(31)11-34-18-4-2-15(36-22(24,25)26)9-19(18)35-16-7-13(10-27)6-14(23)8-16/h2-9H,11H2,1H3,(H,30,31)(H2,28,32,33). The molecule has 2 aromatic carbocycles. The van der Waals surface area contributed by atoms with Crippen LogP contribution in [0.5, 0.6) is 23.0 Å². The van der Waals surface area contributed by atoms with Crippen molar-refractivity contribution in [2.45, 2.75) is 18.3 Å². The van der Waals surface area contributed by atoms with Crippen molar-refractivity contribution >= 4 is 33.2 Å². The number of sulfonamides is 1. The van der Waals surface area contributed by atoms with Crippen LogP contribution in [-0.2, 0) is 14.8 Å². The van der Waals surface area contributed by atoms with Crippen LogP contribution in [0.2, 0.25) is 5.02 Å². The quantitative estimate of drug-likeness (QED) is 0.417. The molecule has 0 saturated carbocycles. The van der Waals surface area contributed by atoms with Gasteiger partial charge in [-0.15, -0.1) is 13.2 Å². The summed E-state index contributed by atoms with van der Waals surface area (Å²) in [5, 5.41) is 16.3. The van der Waals surface area contributed by atoms with Crippen LogP contribution >= 0.6 is 11.6 Å². The lowest BCUT2D eigenvalue weighted by atomic mass is 10.2. The third-order valence-electron chi connectivity index (χ3n) is 4.36. The second-order valence-corrected chi connectivity index (χ2v) is 9.15. The van der Waals surface area contributed by atoms with E-state index in [-0.39, 0.29) is 44.2 Å². The number of benzene rings is 2. The van der Waals surface area contributed by atoms with Gasteiger partial charge in [0.25, 0.3) is 15.9 Å². The number of anilines is 1. The molecule has 3 N–H and O–H groups in total. The third-order valence-corrected chi connectivity index (χ3v) is 5.39. The fourth-order valence-electron chi connectivity index (χ4n) is 2.86. The Morgan fingerprint density at radius 3 is 2.49 bits per heavy atom. The summed E-state index contributed by atoms with van der Waals surface area (Å²) in [6.07, 6.45) is -4.98. The van der Waals surface area contributed by atoms with Crippen LogP contribution in [-0.4, -0.2) is 32.3 Å². The monoisotopic (exact) mass is 556 g/mol. The van der Waals surface area contributed by atoms with Crippen LogP contribution < -0.4 is 24.7 Å². The molecule has 37 heavy (non-hydrogen) atoms. The lowest BCUT2D eigenvalue weighted by molar-refractivity contribution is -0.274.